The molecule has 0 amide bonds. The molecule has 0 aliphatic rings. The van der Waals surface area contributed by atoms with Gasteiger partial charge in [-0.25, -0.2) is 0 Å². The third-order valence-corrected chi connectivity index (χ3v) is 4.08. The number of hydrogen-bond donors (Lipinski definition) is 1. The quantitative estimate of drug-likeness (QED) is 0.765. The van der Waals surface area contributed by atoms with Crippen LogP contribution in [0.25, 0.3) is 0 Å². The summed E-state index contributed by atoms with van der Waals surface area (Å²) < 4.78 is 0. The molecule has 0 heterocycles. The molecule has 1 nitrogen and oxygen atoms in total. The molecule has 2 aromatic carbocycles. The highest BCUT2D eigenvalue weighted by atomic mass is 14.9. The zero-order valence-electron chi connectivity index (χ0n) is 13.5. The summed E-state index contributed by atoms with van der Waals surface area (Å²) in [6.07, 6.45) is 3.37. The Morgan fingerprint density at radius 1 is 0.857 bits per heavy atom. The van der Waals surface area contributed by atoms with Gasteiger partial charge < -0.3 is 5.32 Å². The van der Waals surface area contributed by atoms with Crippen LogP contribution in [0, 0.1) is 6.92 Å². The Labute approximate surface area is 129 Å². The van der Waals surface area contributed by atoms with Gasteiger partial charge in [0.05, 0.1) is 0 Å². The Hall–Kier alpha value is -1.60. The molecule has 0 aliphatic carbocycles. The summed E-state index contributed by atoms with van der Waals surface area (Å²) in [5.74, 6) is 0. The van der Waals surface area contributed by atoms with E-state index in [1.54, 1.807) is 0 Å². The fourth-order valence-electron chi connectivity index (χ4n) is 2.68. The van der Waals surface area contributed by atoms with Crippen molar-refractivity contribution in [2.45, 2.75) is 46.1 Å². The zero-order chi connectivity index (χ0) is 15.1. The Balaban J connectivity index is 2.02. The van der Waals surface area contributed by atoms with Crippen LogP contribution in [0.2, 0.25) is 0 Å². The molecule has 1 unspecified atom stereocenters. The number of benzene rings is 2. The van der Waals surface area contributed by atoms with Crippen LogP contribution in [0.1, 0.15) is 48.6 Å². The number of aryl methyl sites for hydroxylation is 3. The van der Waals surface area contributed by atoms with E-state index in [1.807, 2.05) is 0 Å². The highest BCUT2D eigenvalue weighted by Gasteiger charge is 2.10. The lowest BCUT2D eigenvalue weighted by molar-refractivity contribution is 0.515. The lowest BCUT2D eigenvalue weighted by Gasteiger charge is -2.19. The van der Waals surface area contributed by atoms with E-state index < -0.39 is 0 Å². The van der Waals surface area contributed by atoms with Gasteiger partial charge in [0.15, 0.2) is 0 Å². The summed E-state index contributed by atoms with van der Waals surface area (Å²) in [5.41, 5.74) is 5.57. The molecule has 1 atom stereocenters. The Kier molecular flexibility index (Phi) is 6.01. The molecule has 0 fully saturated rings. The monoisotopic (exact) mass is 281 g/mol. The Morgan fingerprint density at radius 3 is 2.05 bits per heavy atom. The predicted octanol–water partition coefficient (Wildman–Crippen LogP) is 4.84. The van der Waals surface area contributed by atoms with Crippen molar-refractivity contribution in [1.82, 2.24) is 5.32 Å². The lowest BCUT2D eigenvalue weighted by atomic mass is 9.97. The van der Waals surface area contributed by atoms with E-state index in [-0.39, 0.29) is 0 Å². The van der Waals surface area contributed by atoms with E-state index in [0.29, 0.717) is 6.04 Å². The van der Waals surface area contributed by atoms with Crippen molar-refractivity contribution in [2.75, 3.05) is 6.54 Å². The van der Waals surface area contributed by atoms with E-state index in [4.69, 9.17) is 0 Å². The van der Waals surface area contributed by atoms with E-state index in [2.05, 4.69) is 74.6 Å². The Bertz CT molecular complexity index is 525. The molecule has 0 saturated heterocycles. The molecule has 2 aromatic rings. The maximum absolute atomic E-state index is 3.62. The molecular formula is C20H27N. The fourth-order valence-corrected chi connectivity index (χ4v) is 2.68. The zero-order valence-corrected chi connectivity index (χ0v) is 13.5. The highest BCUT2D eigenvalue weighted by Crippen LogP contribution is 2.20. The fraction of sp³-hybridized carbons (Fsp3) is 0.400. The SMILES string of the molecule is CCNC(CCc1ccc(C)cc1)c1ccc(CC)cc1. The van der Waals surface area contributed by atoms with Crippen LogP contribution >= 0.6 is 0 Å². The van der Waals surface area contributed by atoms with Crippen molar-refractivity contribution in [2.24, 2.45) is 0 Å². The molecule has 0 radical (unpaired) electrons. The first-order chi connectivity index (χ1) is 10.2. The van der Waals surface area contributed by atoms with Crippen LogP contribution in [-0.4, -0.2) is 6.54 Å². The first kappa shape index (κ1) is 15.8. The average Bonchev–Trinajstić information content (AvgIpc) is 2.53. The molecule has 0 spiro atoms. The summed E-state index contributed by atoms with van der Waals surface area (Å²) in [4.78, 5) is 0. The summed E-state index contributed by atoms with van der Waals surface area (Å²) in [6.45, 7) is 7.53. The minimum atomic E-state index is 0.446. The van der Waals surface area contributed by atoms with Crippen LogP contribution in [-0.2, 0) is 12.8 Å². The van der Waals surface area contributed by atoms with Crippen molar-refractivity contribution in [3.05, 3.63) is 70.8 Å². The van der Waals surface area contributed by atoms with Crippen LogP contribution < -0.4 is 5.32 Å². The molecular weight excluding hydrogens is 254 g/mol. The Morgan fingerprint density at radius 2 is 1.48 bits per heavy atom. The van der Waals surface area contributed by atoms with Gasteiger partial charge in [0.25, 0.3) is 0 Å². The molecule has 1 heteroatoms. The van der Waals surface area contributed by atoms with Gasteiger partial charge in [0.1, 0.15) is 0 Å². The second-order valence-electron chi connectivity index (χ2n) is 5.73. The van der Waals surface area contributed by atoms with Crippen molar-refractivity contribution in [1.29, 1.82) is 0 Å². The van der Waals surface area contributed by atoms with Gasteiger partial charge in [-0.2, -0.15) is 0 Å². The van der Waals surface area contributed by atoms with E-state index in [0.717, 1.165) is 25.8 Å². The third kappa shape index (κ3) is 4.71. The topological polar surface area (TPSA) is 12.0 Å². The van der Waals surface area contributed by atoms with Crippen molar-refractivity contribution < 1.29 is 0 Å². The van der Waals surface area contributed by atoms with E-state index >= 15 is 0 Å². The second kappa shape index (κ2) is 7.99. The molecule has 0 aliphatic heterocycles. The summed E-state index contributed by atoms with van der Waals surface area (Å²) >= 11 is 0. The number of nitrogens with one attached hydrogen (secondary N) is 1. The van der Waals surface area contributed by atoms with Gasteiger partial charge in [-0.05, 0) is 49.4 Å². The van der Waals surface area contributed by atoms with Gasteiger partial charge >= 0.3 is 0 Å². The predicted molar refractivity (Wildman–Crippen MR) is 91.7 cm³/mol. The lowest BCUT2D eigenvalue weighted by Crippen LogP contribution is -2.21. The highest BCUT2D eigenvalue weighted by molar-refractivity contribution is 5.26. The van der Waals surface area contributed by atoms with Gasteiger partial charge in [-0.3, -0.25) is 0 Å². The molecule has 2 rings (SSSR count). The average molecular weight is 281 g/mol. The number of rotatable bonds is 7. The van der Waals surface area contributed by atoms with Gasteiger partial charge in [0, 0.05) is 6.04 Å². The smallest absolute Gasteiger partial charge is 0.0323 e. The molecule has 0 bridgehead atoms. The van der Waals surface area contributed by atoms with Crippen molar-refractivity contribution in [3.63, 3.8) is 0 Å². The van der Waals surface area contributed by atoms with E-state index in [9.17, 15) is 0 Å². The van der Waals surface area contributed by atoms with Crippen LogP contribution in [0.5, 0.6) is 0 Å². The maximum atomic E-state index is 3.62. The van der Waals surface area contributed by atoms with Gasteiger partial charge in [-0.15, -0.1) is 0 Å². The van der Waals surface area contributed by atoms with E-state index in [1.165, 1.54) is 22.3 Å². The maximum Gasteiger partial charge on any atom is 0.0323 e. The normalized spacial score (nSPS) is 12.3. The molecule has 0 saturated carbocycles. The van der Waals surface area contributed by atoms with Gasteiger partial charge in [-0.1, -0.05) is 67.9 Å². The minimum absolute atomic E-state index is 0.446. The van der Waals surface area contributed by atoms with Crippen LogP contribution in [0.15, 0.2) is 48.5 Å². The number of hydrogen-bond acceptors (Lipinski definition) is 1. The van der Waals surface area contributed by atoms with Crippen LogP contribution in [0.3, 0.4) is 0 Å². The summed E-state index contributed by atoms with van der Waals surface area (Å²) in [7, 11) is 0. The standard InChI is InChI=1S/C20H27N/c1-4-17-10-13-19(14-11-17)20(21-5-2)15-12-18-8-6-16(3)7-9-18/h6-11,13-14,20-21H,4-5,12,15H2,1-3H3. The minimum Gasteiger partial charge on any atom is -0.310 e. The van der Waals surface area contributed by atoms with Crippen molar-refractivity contribution in [3.8, 4) is 0 Å². The summed E-state index contributed by atoms with van der Waals surface area (Å²) in [6, 6.07) is 18.4. The molecule has 0 aromatic heterocycles. The largest absolute Gasteiger partial charge is 0.310 e. The van der Waals surface area contributed by atoms with Crippen LogP contribution in [0.4, 0.5) is 0 Å². The first-order valence-corrected chi connectivity index (χ1v) is 8.10. The molecule has 112 valence electrons. The third-order valence-electron chi connectivity index (χ3n) is 4.08. The molecule has 21 heavy (non-hydrogen) atoms. The van der Waals surface area contributed by atoms with Crippen molar-refractivity contribution >= 4 is 0 Å². The van der Waals surface area contributed by atoms with Gasteiger partial charge in [0.2, 0.25) is 0 Å². The molecule has 1 N–H and O–H groups in total. The second-order valence-corrected chi connectivity index (χ2v) is 5.73. The first-order valence-electron chi connectivity index (χ1n) is 8.10. The summed E-state index contributed by atoms with van der Waals surface area (Å²) in [5, 5.41) is 3.62.